The number of nitro benzene ring substituents is 1. The summed E-state index contributed by atoms with van der Waals surface area (Å²) in [6.07, 6.45) is 1.34. The number of amides is 1. The third-order valence-corrected chi connectivity index (χ3v) is 4.04. The number of hydrogen-bond acceptors (Lipinski definition) is 5. The SMILES string of the molecule is COc1cc(N2C[C@H](C(N)=O)CC[C@H]2C)c(F)cc1[N+](=O)[O-]. The molecule has 0 unspecified atom stereocenters. The molecule has 1 aromatic rings. The maximum absolute atomic E-state index is 14.3. The summed E-state index contributed by atoms with van der Waals surface area (Å²) < 4.78 is 19.3. The minimum absolute atomic E-state index is 0.00346. The largest absolute Gasteiger partial charge is 0.490 e. The van der Waals surface area contributed by atoms with Gasteiger partial charge in [0.25, 0.3) is 0 Å². The van der Waals surface area contributed by atoms with Gasteiger partial charge in [-0.1, -0.05) is 0 Å². The molecule has 1 aliphatic rings. The van der Waals surface area contributed by atoms with Gasteiger partial charge in [0, 0.05) is 18.7 Å². The van der Waals surface area contributed by atoms with E-state index in [1.165, 1.54) is 13.2 Å². The minimum atomic E-state index is -0.718. The van der Waals surface area contributed by atoms with Crippen LogP contribution in [0.25, 0.3) is 0 Å². The Labute approximate surface area is 127 Å². The minimum Gasteiger partial charge on any atom is -0.490 e. The summed E-state index contributed by atoms with van der Waals surface area (Å²) in [7, 11) is 1.29. The third-order valence-electron chi connectivity index (χ3n) is 4.04. The van der Waals surface area contributed by atoms with Crippen molar-refractivity contribution < 1.29 is 18.8 Å². The number of carbonyl (C=O) groups excluding carboxylic acids is 1. The first-order valence-electron chi connectivity index (χ1n) is 6.93. The molecule has 2 N–H and O–H groups in total. The van der Waals surface area contributed by atoms with Gasteiger partial charge in [0.1, 0.15) is 0 Å². The first kappa shape index (κ1) is 16.0. The summed E-state index contributed by atoms with van der Waals surface area (Å²) in [6.45, 7) is 2.19. The quantitative estimate of drug-likeness (QED) is 0.675. The van der Waals surface area contributed by atoms with Crippen LogP contribution in [0.5, 0.6) is 5.75 Å². The summed E-state index contributed by atoms with van der Waals surface area (Å²) in [5, 5.41) is 10.9. The number of primary amides is 1. The number of halogens is 1. The van der Waals surface area contributed by atoms with Crippen molar-refractivity contribution in [1.82, 2.24) is 0 Å². The first-order valence-corrected chi connectivity index (χ1v) is 6.93. The average molecular weight is 311 g/mol. The van der Waals surface area contributed by atoms with E-state index in [4.69, 9.17) is 10.5 Å². The monoisotopic (exact) mass is 311 g/mol. The van der Waals surface area contributed by atoms with E-state index in [2.05, 4.69) is 0 Å². The molecule has 1 heterocycles. The predicted molar refractivity (Wildman–Crippen MR) is 78.3 cm³/mol. The second-order valence-corrected chi connectivity index (χ2v) is 5.41. The Morgan fingerprint density at radius 3 is 2.73 bits per heavy atom. The summed E-state index contributed by atoms with van der Waals surface area (Å²) in [4.78, 5) is 23.3. The van der Waals surface area contributed by atoms with Crippen molar-refractivity contribution >= 4 is 17.3 Å². The van der Waals surface area contributed by atoms with E-state index in [0.717, 1.165) is 6.07 Å². The van der Waals surface area contributed by atoms with Crippen molar-refractivity contribution in [3.05, 3.63) is 28.1 Å². The van der Waals surface area contributed by atoms with E-state index in [1.807, 2.05) is 6.92 Å². The van der Waals surface area contributed by atoms with Crippen LogP contribution in [0.4, 0.5) is 15.8 Å². The first-order chi connectivity index (χ1) is 10.3. The number of benzene rings is 1. The van der Waals surface area contributed by atoms with Crippen molar-refractivity contribution in [3.63, 3.8) is 0 Å². The van der Waals surface area contributed by atoms with E-state index >= 15 is 0 Å². The molecule has 1 saturated heterocycles. The number of nitrogens with two attached hydrogens (primary N) is 1. The smallest absolute Gasteiger partial charge is 0.313 e. The van der Waals surface area contributed by atoms with Gasteiger partial charge < -0.3 is 15.4 Å². The topological polar surface area (TPSA) is 98.7 Å². The number of nitrogens with zero attached hydrogens (tertiary/aromatic N) is 2. The molecular weight excluding hydrogens is 293 g/mol. The zero-order valence-corrected chi connectivity index (χ0v) is 12.4. The molecule has 0 aliphatic carbocycles. The highest BCUT2D eigenvalue weighted by atomic mass is 19.1. The highest BCUT2D eigenvalue weighted by molar-refractivity contribution is 5.78. The number of ether oxygens (including phenoxy) is 1. The molecule has 0 saturated carbocycles. The molecule has 8 heteroatoms. The molecule has 1 aromatic carbocycles. The fraction of sp³-hybridized carbons (Fsp3) is 0.500. The normalized spacial score (nSPS) is 21.5. The number of rotatable bonds is 4. The van der Waals surface area contributed by atoms with Crippen molar-refractivity contribution in [2.24, 2.45) is 11.7 Å². The number of hydrogen-bond donors (Lipinski definition) is 1. The van der Waals surface area contributed by atoms with Gasteiger partial charge in [-0.05, 0) is 19.8 Å². The van der Waals surface area contributed by atoms with Crippen LogP contribution in [0.1, 0.15) is 19.8 Å². The van der Waals surface area contributed by atoms with E-state index in [-0.39, 0.29) is 29.9 Å². The zero-order chi connectivity index (χ0) is 16.4. The molecule has 120 valence electrons. The Balaban J connectivity index is 2.42. The lowest BCUT2D eigenvalue weighted by Crippen LogP contribution is -2.46. The molecule has 0 bridgehead atoms. The van der Waals surface area contributed by atoms with Crippen molar-refractivity contribution in [2.75, 3.05) is 18.6 Å². The van der Waals surface area contributed by atoms with Gasteiger partial charge >= 0.3 is 5.69 Å². The molecule has 7 nitrogen and oxygen atoms in total. The van der Waals surface area contributed by atoms with Crippen LogP contribution in [0.15, 0.2) is 12.1 Å². The zero-order valence-electron chi connectivity index (χ0n) is 12.4. The Bertz CT molecular complexity index is 608. The van der Waals surface area contributed by atoms with E-state index < -0.39 is 22.3 Å². The van der Waals surface area contributed by atoms with Gasteiger partial charge in [0.2, 0.25) is 5.91 Å². The molecule has 0 radical (unpaired) electrons. The van der Waals surface area contributed by atoms with E-state index in [0.29, 0.717) is 12.8 Å². The van der Waals surface area contributed by atoms with Crippen LogP contribution in [-0.2, 0) is 4.79 Å². The van der Waals surface area contributed by atoms with Gasteiger partial charge in [-0.15, -0.1) is 0 Å². The number of anilines is 1. The average Bonchev–Trinajstić information content (AvgIpc) is 2.47. The highest BCUT2D eigenvalue weighted by Crippen LogP contribution is 2.37. The lowest BCUT2D eigenvalue weighted by molar-refractivity contribution is -0.385. The maximum atomic E-state index is 14.3. The van der Waals surface area contributed by atoms with Crippen LogP contribution in [0.2, 0.25) is 0 Å². The summed E-state index contributed by atoms with van der Waals surface area (Å²) in [5.41, 5.74) is 5.09. The maximum Gasteiger partial charge on any atom is 0.313 e. The summed E-state index contributed by atoms with van der Waals surface area (Å²) >= 11 is 0. The fourth-order valence-electron chi connectivity index (χ4n) is 2.73. The van der Waals surface area contributed by atoms with Gasteiger partial charge in [-0.3, -0.25) is 14.9 Å². The van der Waals surface area contributed by atoms with Crippen LogP contribution in [0, 0.1) is 21.8 Å². The molecule has 1 fully saturated rings. The Hall–Kier alpha value is -2.38. The Kier molecular flexibility index (Phi) is 4.48. The Morgan fingerprint density at radius 1 is 1.50 bits per heavy atom. The number of piperidine rings is 1. The number of nitro groups is 1. The predicted octanol–water partition coefficient (Wildman–Crippen LogP) is 1.83. The molecule has 0 aromatic heterocycles. The molecular formula is C14H18FN3O4. The van der Waals surface area contributed by atoms with Gasteiger partial charge in [0.05, 0.1) is 29.7 Å². The third kappa shape index (κ3) is 2.95. The number of carbonyl (C=O) groups is 1. The summed E-state index contributed by atoms with van der Waals surface area (Å²) in [6, 6.07) is 2.14. The number of methoxy groups -OCH3 is 1. The highest BCUT2D eigenvalue weighted by Gasteiger charge is 2.31. The molecule has 0 spiro atoms. The second-order valence-electron chi connectivity index (χ2n) is 5.41. The van der Waals surface area contributed by atoms with Crippen molar-refractivity contribution in [3.8, 4) is 5.75 Å². The molecule has 1 aliphatic heterocycles. The second kappa shape index (κ2) is 6.17. The summed E-state index contributed by atoms with van der Waals surface area (Å²) in [5.74, 6) is -1.53. The standard InChI is InChI=1S/C14H18FN3O4/c1-8-3-4-9(14(16)19)7-17(8)11-6-13(22-2)12(18(20)21)5-10(11)15/h5-6,8-9H,3-4,7H2,1-2H3,(H2,16,19)/t8-,9-/m1/s1. The van der Waals surface area contributed by atoms with Crippen molar-refractivity contribution in [1.29, 1.82) is 0 Å². The van der Waals surface area contributed by atoms with Gasteiger partial charge in [0.15, 0.2) is 11.6 Å². The Morgan fingerprint density at radius 2 is 2.18 bits per heavy atom. The molecule has 22 heavy (non-hydrogen) atoms. The van der Waals surface area contributed by atoms with Crippen LogP contribution in [-0.4, -0.2) is 30.5 Å². The van der Waals surface area contributed by atoms with Crippen molar-refractivity contribution in [2.45, 2.75) is 25.8 Å². The lowest BCUT2D eigenvalue weighted by atomic mass is 9.92. The lowest BCUT2D eigenvalue weighted by Gasteiger charge is -2.38. The van der Waals surface area contributed by atoms with E-state index in [9.17, 15) is 19.3 Å². The van der Waals surface area contributed by atoms with Gasteiger partial charge in [-0.2, -0.15) is 0 Å². The van der Waals surface area contributed by atoms with Crippen LogP contribution >= 0.6 is 0 Å². The van der Waals surface area contributed by atoms with Crippen LogP contribution < -0.4 is 15.4 Å². The van der Waals surface area contributed by atoms with Crippen LogP contribution in [0.3, 0.4) is 0 Å². The van der Waals surface area contributed by atoms with Gasteiger partial charge in [-0.25, -0.2) is 4.39 Å². The fourth-order valence-corrected chi connectivity index (χ4v) is 2.73. The molecule has 2 atom stereocenters. The molecule has 1 amide bonds. The molecule has 2 rings (SSSR count). The van der Waals surface area contributed by atoms with E-state index in [1.54, 1.807) is 4.90 Å².